The number of rotatable bonds is 1. The predicted molar refractivity (Wildman–Crippen MR) is 87.3 cm³/mol. The first-order valence-corrected chi connectivity index (χ1v) is 7.93. The molecule has 0 aliphatic carbocycles. The Balaban J connectivity index is 1.99. The van der Waals surface area contributed by atoms with E-state index in [9.17, 15) is 0 Å². The number of nitrogens with two attached hydrogens (primary N) is 1. The first-order chi connectivity index (χ1) is 9.55. The second-order valence-corrected chi connectivity index (χ2v) is 7.62. The Bertz CT molecular complexity index is 626. The van der Waals surface area contributed by atoms with E-state index in [0.29, 0.717) is 4.75 Å². The summed E-state index contributed by atoms with van der Waals surface area (Å²) < 4.78 is 0.344. The molecular formula is C15H20N4S. The van der Waals surface area contributed by atoms with Crippen molar-refractivity contribution in [1.29, 1.82) is 0 Å². The zero-order chi connectivity index (χ0) is 14.2. The molecule has 3 rings (SSSR count). The third kappa shape index (κ3) is 2.68. The minimum absolute atomic E-state index is 0.344. The van der Waals surface area contributed by atoms with Crippen LogP contribution in [0, 0.1) is 0 Å². The van der Waals surface area contributed by atoms with Crippen LogP contribution in [0.2, 0.25) is 0 Å². The molecule has 5 heteroatoms. The summed E-state index contributed by atoms with van der Waals surface area (Å²) in [5.41, 5.74) is 7.64. The number of aromatic nitrogens is 2. The summed E-state index contributed by atoms with van der Waals surface area (Å²) in [6.07, 6.45) is 2.81. The number of hydrogen-bond acceptors (Lipinski definition) is 5. The summed E-state index contributed by atoms with van der Waals surface area (Å²) >= 11 is 2.04. The summed E-state index contributed by atoms with van der Waals surface area (Å²) in [6, 6.07) is 5.83. The number of fused-ring (bicyclic) bond motifs is 1. The van der Waals surface area contributed by atoms with Crippen molar-refractivity contribution in [2.75, 3.05) is 29.5 Å². The second kappa shape index (κ2) is 5.13. The van der Waals surface area contributed by atoms with Crippen molar-refractivity contribution in [2.24, 2.45) is 0 Å². The Morgan fingerprint density at radius 3 is 2.95 bits per heavy atom. The molecule has 0 amide bonds. The van der Waals surface area contributed by atoms with Crippen molar-refractivity contribution >= 4 is 34.2 Å². The van der Waals surface area contributed by atoms with Gasteiger partial charge in [0.2, 0.25) is 0 Å². The standard InChI is InChI=1S/C15H20N4S/c1-15(2)5-6-19(7-8-20-15)14-12-9-11(16)3-4-13(12)17-10-18-14/h3-4,9-10H,5-8,16H2,1-2H3. The quantitative estimate of drug-likeness (QED) is 0.818. The molecule has 0 saturated carbocycles. The first kappa shape index (κ1) is 13.5. The lowest BCUT2D eigenvalue weighted by Gasteiger charge is -2.24. The van der Waals surface area contributed by atoms with Crippen LogP contribution in [0.5, 0.6) is 0 Å². The fraction of sp³-hybridized carbons (Fsp3) is 0.467. The summed E-state index contributed by atoms with van der Waals surface area (Å²) in [7, 11) is 0. The molecule has 106 valence electrons. The van der Waals surface area contributed by atoms with Crippen LogP contribution in [0.15, 0.2) is 24.5 Å². The third-order valence-electron chi connectivity index (χ3n) is 3.78. The van der Waals surface area contributed by atoms with Gasteiger partial charge in [0.1, 0.15) is 12.1 Å². The maximum atomic E-state index is 5.92. The Labute approximate surface area is 123 Å². The number of benzene rings is 1. The first-order valence-electron chi connectivity index (χ1n) is 6.94. The summed E-state index contributed by atoms with van der Waals surface area (Å²) in [5.74, 6) is 2.14. The van der Waals surface area contributed by atoms with E-state index in [1.54, 1.807) is 6.33 Å². The smallest absolute Gasteiger partial charge is 0.139 e. The average Bonchev–Trinajstić information content (AvgIpc) is 2.59. The molecule has 1 aliphatic rings. The molecule has 2 heterocycles. The van der Waals surface area contributed by atoms with Crippen molar-refractivity contribution in [2.45, 2.75) is 25.0 Å². The zero-order valence-electron chi connectivity index (χ0n) is 12.0. The molecule has 1 aromatic heterocycles. The number of nitrogens with zero attached hydrogens (tertiary/aromatic N) is 3. The van der Waals surface area contributed by atoms with Gasteiger partial charge in [0.05, 0.1) is 5.52 Å². The van der Waals surface area contributed by atoms with Crippen LogP contribution >= 0.6 is 11.8 Å². The number of thioether (sulfide) groups is 1. The molecule has 1 fully saturated rings. The van der Waals surface area contributed by atoms with E-state index in [1.165, 1.54) is 0 Å². The Hall–Kier alpha value is -1.49. The van der Waals surface area contributed by atoms with Gasteiger partial charge < -0.3 is 10.6 Å². The van der Waals surface area contributed by atoms with Crippen LogP contribution in [-0.2, 0) is 0 Å². The van der Waals surface area contributed by atoms with Gasteiger partial charge in [0.25, 0.3) is 0 Å². The van der Waals surface area contributed by atoms with Crippen LogP contribution in [-0.4, -0.2) is 33.6 Å². The van der Waals surface area contributed by atoms with E-state index in [1.807, 2.05) is 30.0 Å². The zero-order valence-corrected chi connectivity index (χ0v) is 12.8. The largest absolute Gasteiger partial charge is 0.399 e. The molecule has 4 nitrogen and oxygen atoms in total. The Morgan fingerprint density at radius 1 is 1.25 bits per heavy atom. The highest BCUT2D eigenvalue weighted by Crippen LogP contribution is 2.33. The van der Waals surface area contributed by atoms with Gasteiger partial charge in [-0.2, -0.15) is 11.8 Å². The van der Waals surface area contributed by atoms with Gasteiger partial charge in [-0.05, 0) is 24.6 Å². The fourth-order valence-electron chi connectivity index (χ4n) is 2.54. The van der Waals surface area contributed by atoms with Crippen LogP contribution in [0.1, 0.15) is 20.3 Å². The Morgan fingerprint density at radius 2 is 2.10 bits per heavy atom. The summed E-state index contributed by atoms with van der Waals surface area (Å²) in [4.78, 5) is 11.2. The van der Waals surface area contributed by atoms with Crippen molar-refractivity contribution in [3.63, 3.8) is 0 Å². The fourth-order valence-corrected chi connectivity index (χ4v) is 3.64. The second-order valence-electron chi connectivity index (χ2n) is 5.82. The van der Waals surface area contributed by atoms with Gasteiger partial charge in [-0.1, -0.05) is 13.8 Å². The maximum absolute atomic E-state index is 5.92. The highest BCUT2D eigenvalue weighted by Gasteiger charge is 2.25. The van der Waals surface area contributed by atoms with Crippen LogP contribution in [0.25, 0.3) is 10.9 Å². The van der Waals surface area contributed by atoms with Gasteiger partial charge in [-0.25, -0.2) is 9.97 Å². The third-order valence-corrected chi connectivity index (χ3v) is 5.15. The van der Waals surface area contributed by atoms with E-state index in [2.05, 4.69) is 28.7 Å². The number of nitrogen functional groups attached to an aromatic ring is 1. The Kier molecular flexibility index (Phi) is 3.46. The van der Waals surface area contributed by atoms with E-state index < -0.39 is 0 Å². The van der Waals surface area contributed by atoms with E-state index >= 15 is 0 Å². The molecule has 1 saturated heterocycles. The normalized spacial score (nSPS) is 19.0. The van der Waals surface area contributed by atoms with Crippen molar-refractivity contribution in [3.8, 4) is 0 Å². The van der Waals surface area contributed by atoms with Crippen molar-refractivity contribution in [1.82, 2.24) is 9.97 Å². The lowest BCUT2D eigenvalue weighted by Crippen LogP contribution is -2.28. The highest BCUT2D eigenvalue weighted by atomic mass is 32.2. The molecule has 20 heavy (non-hydrogen) atoms. The molecule has 1 aromatic carbocycles. The lowest BCUT2D eigenvalue weighted by atomic mass is 10.1. The molecule has 0 radical (unpaired) electrons. The minimum atomic E-state index is 0.344. The lowest BCUT2D eigenvalue weighted by molar-refractivity contribution is 0.636. The number of anilines is 2. The SMILES string of the molecule is CC1(C)CCN(c2ncnc3ccc(N)cc23)CCS1. The monoisotopic (exact) mass is 288 g/mol. The van der Waals surface area contributed by atoms with Gasteiger partial charge in [0.15, 0.2) is 0 Å². The molecule has 1 aliphatic heterocycles. The summed E-state index contributed by atoms with van der Waals surface area (Å²) in [5, 5.41) is 1.05. The average molecular weight is 288 g/mol. The van der Waals surface area contributed by atoms with E-state index in [0.717, 1.165) is 47.7 Å². The predicted octanol–water partition coefficient (Wildman–Crippen LogP) is 2.93. The molecule has 0 spiro atoms. The van der Waals surface area contributed by atoms with Crippen molar-refractivity contribution < 1.29 is 0 Å². The topological polar surface area (TPSA) is 55.0 Å². The highest BCUT2D eigenvalue weighted by molar-refractivity contribution is 8.00. The van der Waals surface area contributed by atoms with Crippen LogP contribution < -0.4 is 10.6 Å². The van der Waals surface area contributed by atoms with Gasteiger partial charge >= 0.3 is 0 Å². The summed E-state index contributed by atoms with van der Waals surface area (Å²) in [6.45, 7) is 6.68. The maximum Gasteiger partial charge on any atom is 0.139 e. The molecule has 2 N–H and O–H groups in total. The van der Waals surface area contributed by atoms with Gasteiger partial charge in [-0.15, -0.1) is 0 Å². The number of hydrogen-bond donors (Lipinski definition) is 1. The molecular weight excluding hydrogens is 268 g/mol. The van der Waals surface area contributed by atoms with Crippen LogP contribution in [0.3, 0.4) is 0 Å². The van der Waals surface area contributed by atoms with Crippen LogP contribution in [0.4, 0.5) is 11.5 Å². The molecule has 0 unspecified atom stereocenters. The minimum Gasteiger partial charge on any atom is -0.399 e. The molecule has 0 atom stereocenters. The van der Waals surface area contributed by atoms with E-state index in [4.69, 9.17) is 5.73 Å². The molecule has 0 bridgehead atoms. The molecule has 2 aromatic rings. The van der Waals surface area contributed by atoms with E-state index in [-0.39, 0.29) is 0 Å². The van der Waals surface area contributed by atoms with Crippen molar-refractivity contribution in [3.05, 3.63) is 24.5 Å². The van der Waals surface area contributed by atoms with Gasteiger partial charge in [-0.3, -0.25) is 0 Å². The van der Waals surface area contributed by atoms with Gasteiger partial charge in [0, 0.05) is 34.7 Å².